The molecule has 0 unspecified atom stereocenters. The summed E-state index contributed by atoms with van der Waals surface area (Å²) in [6, 6.07) is 4.05. The Balaban J connectivity index is 2.55. The number of carboxylic acid groups (broad SMARTS) is 1. The number of halogens is 2. The largest absolute Gasteiger partial charge is 0.478 e. The maximum absolute atomic E-state index is 12.8. The molecule has 0 spiro atoms. The Morgan fingerprint density at radius 2 is 2.14 bits per heavy atom. The second-order valence-corrected chi connectivity index (χ2v) is 4.51. The predicted molar refractivity (Wildman–Crippen MR) is 73.6 cm³/mol. The third kappa shape index (κ3) is 2.97. The van der Waals surface area contributed by atoms with Crippen LogP contribution in [-0.2, 0) is 0 Å². The zero-order valence-electron chi connectivity index (χ0n) is 10.8. The van der Waals surface area contributed by atoms with Crippen molar-refractivity contribution < 1.29 is 24.1 Å². The number of carboxylic acids is 1. The first-order valence-electron chi connectivity index (χ1n) is 5.68. The van der Waals surface area contributed by atoms with E-state index in [1.807, 2.05) is 0 Å². The van der Waals surface area contributed by atoms with Crippen LogP contribution in [0.4, 0.5) is 10.2 Å². The summed E-state index contributed by atoms with van der Waals surface area (Å²) in [5.41, 5.74) is 5.76. The molecule has 0 radical (unpaired) electrons. The van der Waals surface area contributed by atoms with E-state index in [0.29, 0.717) is 11.3 Å². The van der Waals surface area contributed by atoms with Gasteiger partial charge in [0, 0.05) is 21.2 Å². The van der Waals surface area contributed by atoms with E-state index in [2.05, 4.69) is 9.93 Å². The van der Waals surface area contributed by atoms with Gasteiger partial charge in [0.1, 0.15) is 5.56 Å². The van der Waals surface area contributed by atoms with Gasteiger partial charge in [0.15, 0.2) is 5.75 Å². The highest BCUT2D eigenvalue weighted by molar-refractivity contribution is 6.32. The van der Waals surface area contributed by atoms with Crippen molar-refractivity contribution in [2.45, 2.75) is 6.92 Å². The highest BCUT2D eigenvalue weighted by Crippen LogP contribution is 2.41. The van der Waals surface area contributed by atoms with E-state index < -0.39 is 17.3 Å². The molecule has 0 aliphatic heterocycles. The zero-order valence-corrected chi connectivity index (χ0v) is 11.5. The number of hydrogen-bond acceptors (Lipinski definition) is 5. The van der Waals surface area contributed by atoms with Gasteiger partial charge in [-0.25, -0.2) is 9.78 Å². The van der Waals surface area contributed by atoms with Gasteiger partial charge < -0.3 is 15.6 Å². The van der Waals surface area contributed by atoms with E-state index in [0.717, 1.165) is 6.07 Å². The topological polar surface area (TPSA) is 94.7 Å². The van der Waals surface area contributed by atoms with Gasteiger partial charge in [-0.05, 0) is 19.1 Å². The van der Waals surface area contributed by atoms with Crippen molar-refractivity contribution in [1.29, 1.82) is 0 Å². The number of nitrogen functional groups attached to an aromatic ring is 1. The lowest BCUT2D eigenvalue weighted by Gasteiger charge is -2.13. The highest BCUT2D eigenvalue weighted by atomic mass is 35.5. The number of nitrogens with two attached hydrogens (primary N) is 1. The van der Waals surface area contributed by atoms with Crippen LogP contribution in [0.25, 0.3) is 0 Å². The van der Waals surface area contributed by atoms with Crippen LogP contribution >= 0.6 is 11.6 Å². The van der Waals surface area contributed by atoms with E-state index in [-0.39, 0.29) is 16.7 Å². The molecule has 110 valence electrons. The standard InChI is InChI=1S/C13H10ClFN2O4/c1-6-9(14)4-8(13(18)19)12(21-15)11(6)20-10-3-2-7(16)5-17-10/h2-5H,16H2,1H3,(H,18,19). The number of ether oxygens (including phenoxy) is 1. The molecule has 1 aromatic carbocycles. The summed E-state index contributed by atoms with van der Waals surface area (Å²) in [6.45, 7) is 1.53. The van der Waals surface area contributed by atoms with E-state index >= 15 is 0 Å². The van der Waals surface area contributed by atoms with Crippen molar-refractivity contribution in [3.63, 3.8) is 0 Å². The van der Waals surface area contributed by atoms with Gasteiger partial charge in [-0.15, -0.1) is 0 Å². The maximum Gasteiger partial charge on any atom is 0.339 e. The molecule has 3 N–H and O–H groups in total. The Morgan fingerprint density at radius 1 is 1.43 bits per heavy atom. The minimum Gasteiger partial charge on any atom is -0.478 e. The molecule has 0 amide bonds. The molecule has 21 heavy (non-hydrogen) atoms. The molecule has 1 aromatic heterocycles. The lowest BCUT2D eigenvalue weighted by atomic mass is 10.1. The van der Waals surface area contributed by atoms with Crippen molar-refractivity contribution in [2.75, 3.05) is 5.73 Å². The van der Waals surface area contributed by atoms with E-state index in [1.54, 1.807) is 0 Å². The van der Waals surface area contributed by atoms with Crippen LogP contribution in [-0.4, -0.2) is 16.1 Å². The molecular formula is C13H10ClFN2O4. The van der Waals surface area contributed by atoms with Crippen LogP contribution in [0.1, 0.15) is 15.9 Å². The Labute approximate surface area is 123 Å². The van der Waals surface area contributed by atoms with Gasteiger partial charge in [0.25, 0.3) is 0 Å². The van der Waals surface area contributed by atoms with Crippen LogP contribution in [0, 0.1) is 6.92 Å². The van der Waals surface area contributed by atoms with Crippen LogP contribution in [0.5, 0.6) is 17.4 Å². The lowest BCUT2D eigenvalue weighted by Crippen LogP contribution is -2.03. The minimum absolute atomic E-state index is 0.0872. The average Bonchev–Trinajstić information content (AvgIpc) is 2.45. The molecule has 0 atom stereocenters. The summed E-state index contributed by atoms with van der Waals surface area (Å²) in [6.07, 6.45) is 1.34. The summed E-state index contributed by atoms with van der Waals surface area (Å²) in [4.78, 5) is 18.6. The quantitative estimate of drug-likeness (QED) is 0.898. The maximum atomic E-state index is 12.8. The number of anilines is 1. The Morgan fingerprint density at radius 3 is 2.67 bits per heavy atom. The van der Waals surface area contributed by atoms with Crippen molar-refractivity contribution in [1.82, 2.24) is 4.98 Å². The fraction of sp³-hybridized carbons (Fsp3) is 0.0769. The number of pyridine rings is 1. The number of benzene rings is 1. The molecule has 0 aliphatic rings. The molecule has 0 fully saturated rings. The molecule has 0 saturated heterocycles. The SMILES string of the molecule is Cc1c(Cl)cc(C(=O)O)c(OF)c1Oc1ccc(N)cn1. The zero-order chi connectivity index (χ0) is 15.6. The van der Waals surface area contributed by atoms with Crippen molar-refractivity contribution in [3.05, 3.63) is 40.5 Å². The molecule has 2 aromatic rings. The van der Waals surface area contributed by atoms with Gasteiger partial charge in [-0.1, -0.05) is 11.6 Å². The first-order valence-corrected chi connectivity index (χ1v) is 6.06. The molecule has 2 rings (SSSR count). The number of aromatic carboxylic acids is 1. The Bertz CT molecular complexity index is 692. The first-order chi connectivity index (χ1) is 9.93. The van der Waals surface area contributed by atoms with Crippen LogP contribution < -0.4 is 15.4 Å². The Kier molecular flexibility index (Phi) is 4.13. The predicted octanol–water partition coefficient (Wildman–Crippen LogP) is 3.38. The third-order valence-electron chi connectivity index (χ3n) is 2.69. The normalized spacial score (nSPS) is 10.2. The summed E-state index contributed by atoms with van der Waals surface area (Å²) >= 11 is 5.92. The van der Waals surface area contributed by atoms with Gasteiger partial charge in [-0.3, -0.25) is 4.94 Å². The molecule has 6 nitrogen and oxygen atoms in total. The monoisotopic (exact) mass is 312 g/mol. The number of nitrogens with zero attached hydrogens (tertiary/aromatic N) is 1. The number of carbonyl (C=O) groups is 1. The molecule has 1 heterocycles. The van der Waals surface area contributed by atoms with Crippen molar-refractivity contribution >= 4 is 23.3 Å². The van der Waals surface area contributed by atoms with Gasteiger partial charge >= 0.3 is 5.97 Å². The van der Waals surface area contributed by atoms with Gasteiger partial charge in [-0.2, -0.15) is 0 Å². The number of hydrogen-bond donors (Lipinski definition) is 2. The second-order valence-electron chi connectivity index (χ2n) is 4.10. The van der Waals surface area contributed by atoms with Crippen LogP contribution in [0.3, 0.4) is 0 Å². The third-order valence-corrected chi connectivity index (χ3v) is 3.09. The molecule has 0 saturated carbocycles. The van der Waals surface area contributed by atoms with E-state index in [1.165, 1.54) is 25.3 Å². The summed E-state index contributed by atoms with van der Waals surface area (Å²) in [5.74, 6) is -2.06. The number of rotatable bonds is 4. The minimum atomic E-state index is -1.40. The summed E-state index contributed by atoms with van der Waals surface area (Å²) in [5, 5.41) is 9.14. The second kappa shape index (κ2) is 5.84. The van der Waals surface area contributed by atoms with Crippen LogP contribution in [0.15, 0.2) is 24.4 Å². The average molecular weight is 313 g/mol. The summed E-state index contributed by atoms with van der Waals surface area (Å²) < 4.78 is 18.1. The highest BCUT2D eigenvalue weighted by Gasteiger charge is 2.23. The Hall–Kier alpha value is -2.54. The van der Waals surface area contributed by atoms with Gasteiger partial charge in [0.2, 0.25) is 11.6 Å². The van der Waals surface area contributed by atoms with Crippen molar-refractivity contribution in [3.8, 4) is 17.4 Å². The molecule has 0 aliphatic carbocycles. The molecule has 0 bridgehead atoms. The fourth-order valence-electron chi connectivity index (χ4n) is 1.62. The van der Waals surface area contributed by atoms with Gasteiger partial charge in [0.05, 0.1) is 11.9 Å². The number of aromatic nitrogens is 1. The van der Waals surface area contributed by atoms with E-state index in [4.69, 9.17) is 27.2 Å². The van der Waals surface area contributed by atoms with Crippen LogP contribution in [0.2, 0.25) is 5.02 Å². The first kappa shape index (κ1) is 14.9. The van der Waals surface area contributed by atoms with Crippen molar-refractivity contribution in [2.24, 2.45) is 0 Å². The fourth-order valence-corrected chi connectivity index (χ4v) is 1.81. The smallest absolute Gasteiger partial charge is 0.339 e. The summed E-state index contributed by atoms with van der Waals surface area (Å²) in [7, 11) is 0. The lowest BCUT2D eigenvalue weighted by molar-refractivity contribution is -0.0103. The molecular weight excluding hydrogens is 303 g/mol. The van der Waals surface area contributed by atoms with E-state index in [9.17, 15) is 9.32 Å². The molecule has 8 heteroatoms.